The molecule has 144 valence electrons. The average molecular weight is 370 g/mol. The zero-order valence-electron chi connectivity index (χ0n) is 15.9. The van der Waals surface area contributed by atoms with Crippen molar-refractivity contribution in [2.24, 2.45) is 0 Å². The van der Waals surface area contributed by atoms with Crippen molar-refractivity contribution in [3.63, 3.8) is 0 Å². The minimum absolute atomic E-state index is 0.0621. The molecule has 0 aromatic heterocycles. The van der Waals surface area contributed by atoms with E-state index >= 15 is 0 Å². The lowest BCUT2D eigenvalue weighted by Crippen LogP contribution is -2.37. The molecule has 6 heteroatoms. The largest absolute Gasteiger partial charge is 0.492 e. The fraction of sp³-hybridized carbons (Fsp3) is 0.381. The molecule has 0 aliphatic carbocycles. The van der Waals surface area contributed by atoms with E-state index < -0.39 is 0 Å². The minimum Gasteiger partial charge on any atom is -0.492 e. The van der Waals surface area contributed by atoms with E-state index in [1.807, 2.05) is 67.5 Å². The van der Waals surface area contributed by atoms with Gasteiger partial charge in [-0.05, 0) is 36.9 Å². The number of para-hydroxylation sites is 1. The van der Waals surface area contributed by atoms with Crippen molar-refractivity contribution >= 4 is 5.91 Å². The van der Waals surface area contributed by atoms with Crippen LogP contribution in [0.15, 0.2) is 48.5 Å². The van der Waals surface area contributed by atoms with Gasteiger partial charge >= 0.3 is 0 Å². The summed E-state index contributed by atoms with van der Waals surface area (Å²) in [5, 5.41) is 0. The third kappa shape index (κ3) is 5.62. The van der Waals surface area contributed by atoms with Crippen LogP contribution in [-0.4, -0.2) is 62.7 Å². The van der Waals surface area contributed by atoms with Crippen LogP contribution in [0.3, 0.4) is 0 Å². The number of amides is 1. The molecule has 1 aliphatic heterocycles. The lowest BCUT2D eigenvalue weighted by atomic mass is 10.2. The van der Waals surface area contributed by atoms with Crippen LogP contribution in [0.2, 0.25) is 0 Å². The van der Waals surface area contributed by atoms with Crippen molar-refractivity contribution in [2.75, 3.05) is 47.0 Å². The second kappa shape index (κ2) is 9.28. The van der Waals surface area contributed by atoms with Crippen LogP contribution >= 0.6 is 0 Å². The molecule has 1 aliphatic rings. The molecule has 27 heavy (non-hydrogen) atoms. The van der Waals surface area contributed by atoms with Gasteiger partial charge in [0.15, 0.2) is 11.5 Å². The number of hydrogen-bond acceptors (Lipinski definition) is 5. The van der Waals surface area contributed by atoms with E-state index in [0.29, 0.717) is 39.5 Å². The Kier molecular flexibility index (Phi) is 6.54. The summed E-state index contributed by atoms with van der Waals surface area (Å²) in [5.74, 6) is 2.41. The molecule has 6 nitrogen and oxygen atoms in total. The molecule has 0 spiro atoms. The second-order valence-electron chi connectivity index (χ2n) is 6.63. The molecule has 0 saturated carbocycles. The molecule has 0 unspecified atom stereocenters. The quantitative estimate of drug-likeness (QED) is 0.714. The Balaban J connectivity index is 1.43. The van der Waals surface area contributed by atoms with Gasteiger partial charge in [0.1, 0.15) is 25.6 Å². The van der Waals surface area contributed by atoms with Crippen LogP contribution in [0, 0.1) is 0 Å². The van der Waals surface area contributed by atoms with E-state index in [0.717, 1.165) is 22.8 Å². The van der Waals surface area contributed by atoms with E-state index in [-0.39, 0.29) is 5.91 Å². The monoisotopic (exact) mass is 370 g/mol. The highest BCUT2D eigenvalue weighted by Crippen LogP contribution is 2.31. The third-order valence-electron chi connectivity index (χ3n) is 4.34. The number of rotatable bonds is 8. The van der Waals surface area contributed by atoms with Gasteiger partial charge in [0, 0.05) is 20.1 Å². The Morgan fingerprint density at radius 2 is 1.78 bits per heavy atom. The van der Waals surface area contributed by atoms with Gasteiger partial charge in [-0.25, -0.2) is 0 Å². The molecule has 1 heterocycles. The standard InChI is InChI=1S/C21H26N2O4/c1-22(10-11-25-18-6-4-3-5-7-18)16-21(24)23(2)15-17-8-9-19-20(14-17)27-13-12-26-19/h3-9,14H,10-13,15-16H2,1-2H3. The van der Waals surface area contributed by atoms with Crippen molar-refractivity contribution in [3.05, 3.63) is 54.1 Å². The molecule has 2 aromatic rings. The summed E-state index contributed by atoms with van der Waals surface area (Å²) >= 11 is 0. The number of carbonyl (C=O) groups excluding carboxylic acids is 1. The molecule has 0 fully saturated rings. The molecule has 1 amide bonds. The van der Waals surface area contributed by atoms with Gasteiger partial charge in [-0.2, -0.15) is 0 Å². The van der Waals surface area contributed by atoms with E-state index in [9.17, 15) is 4.79 Å². The zero-order chi connectivity index (χ0) is 19.1. The van der Waals surface area contributed by atoms with Crippen LogP contribution < -0.4 is 14.2 Å². The Labute approximate surface area is 160 Å². The summed E-state index contributed by atoms with van der Waals surface area (Å²) in [7, 11) is 3.73. The predicted octanol–water partition coefficient (Wildman–Crippen LogP) is 2.43. The first-order valence-corrected chi connectivity index (χ1v) is 9.11. The molecular formula is C21H26N2O4. The SMILES string of the molecule is CN(CCOc1ccccc1)CC(=O)N(C)Cc1ccc2c(c1)OCCO2. The molecule has 0 N–H and O–H groups in total. The van der Waals surface area contributed by atoms with Crippen LogP contribution in [0.25, 0.3) is 0 Å². The van der Waals surface area contributed by atoms with Crippen molar-refractivity contribution in [1.82, 2.24) is 9.80 Å². The molecule has 0 atom stereocenters. The lowest BCUT2D eigenvalue weighted by Gasteiger charge is -2.23. The fourth-order valence-electron chi connectivity index (χ4n) is 2.81. The summed E-state index contributed by atoms with van der Waals surface area (Å²) in [5.41, 5.74) is 1.02. The first kappa shape index (κ1) is 19.0. The summed E-state index contributed by atoms with van der Waals surface area (Å²) in [6, 6.07) is 15.5. The van der Waals surface area contributed by atoms with Gasteiger partial charge in [0.05, 0.1) is 6.54 Å². The van der Waals surface area contributed by atoms with E-state index in [2.05, 4.69) is 0 Å². The zero-order valence-corrected chi connectivity index (χ0v) is 15.9. The maximum atomic E-state index is 12.5. The van der Waals surface area contributed by atoms with Crippen LogP contribution in [0.5, 0.6) is 17.2 Å². The van der Waals surface area contributed by atoms with Gasteiger partial charge in [-0.3, -0.25) is 9.69 Å². The Morgan fingerprint density at radius 3 is 2.56 bits per heavy atom. The highest BCUT2D eigenvalue weighted by molar-refractivity contribution is 5.78. The summed E-state index contributed by atoms with van der Waals surface area (Å²) in [4.78, 5) is 16.2. The van der Waals surface area contributed by atoms with Crippen molar-refractivity contribution < 1.29 is 19.0 Å². The first-order valence-electron chi connectivity index (χ1n) is 9.11. The molecular weight excluding hydrogens is 344 g/mol. The van der Waals surface area contributed by atoms with Crippen LogP contribution in [-0.2, 0) is 11.3 Å². The molecule has 3 rings (SSSR count). The summed E-state index contributed by atoms with van der Waals surface area (Å²) in [6.07, 6.45) is 0. The van der Waals surface area contributed by atoms with Crippen molar-refractivity contribution in [1.29, 1.82) is 0 Å². The van der Waals surface area contributed by atoms with E-state index in [1.165, 1.54) is 0 Å². The normalized spacial score (nSPS) is 12.7. The van der Waals surface area contributed by atoms with Gasteiger partial charge in [-0.15, -0.1) is 0 Å². The highest BCUT2D eigenvalue weighted by atomic mass is 16.6. The topological polar surface area (TPSA) is 51.2 Å². The third-order valence-corrected chi connectivity index (χ3v) is 4.34. The number of fused-ring (bicyclic) bond motifs is 1. The van der Waals surface area contributed by atoms with Crippen LogP contribution in [0.4, 0.5) is 0 Å². The number of nitrogens with zero attached hydrogens (tertiary/aromatic N) is 2. The fourth-order valence-corrected chi connectivity index (χ4v) is 2.81. The summed E-state index contributed by atoms with van der Waals surface area (Å²) < 4.78 is 16.8. The molecule has 0 bridgehead atoms. The molecule has 2 aromatic carbocycles. The Bertz CT molecular complexity index is 751. The smallest absolute Gasteiger partial charge is 0.236 e. The average Bonchev–Trinajstić information content (AvgIpc) is 2.68. The van der Waals surface area contributed by atoms with Gasteiger partial charge in [0.25, 0.3) is 0 Å². The number of hydrogen-bond donors (Lipinski definition) is 0. The number of carbonyl (C=O) groups is 1. The highest BCUT2D eigenvalue weighted by Gasteiger charge is 2.15. The lowest BCUT2D eigenvalue weighted by molar-refractivity contribution is -0.131. The van der Waals surface area contributed by atoms with E-state index in [4.69, 9.17) is 14.2 Å². The summed E-state index contributed by atoms with van der Waals surface area (Å²) in [6.45, 7) is 3.23. The minimum atomic E-state index is 0.0621. The number of likely N-dealkylation sites (N-methyl/N-ethyl adjacent to an activating group) is 2. The molecule has 0 radical (unpaired) electrons. The number of benzene rings is 2. The van der Waals surface area contributed by atoms with E-state index in [1.54, 1.807) is 4.90 Å². The Morgan fingerprint density at radius 1 is 1.04 bits per heavy atom. The Hall–Kier alpha value is -2.73. The second-order valence-corrected chi connectivity index (χ2v) is 6.63. The van der Waals surface area contributed by atoms with Gasteiger partial charge < -0.3 is 19.1 Å². The first-order chi connectivity index (χ1) is 13.1. The maximum Gasteiger partial charge on any atom is 0.236 e. The van der Waals surface area contributed by atoms with Gasteiger partial charge in [0.2, 0.25) is 5.91 Å². The number of ether oxygens (including phenoxy) is 3. The van der Waals surface area contributed by atoms with Crippen LogP contribution in [0.1, 0.15) is 5.56 Å². The predicted molar refractivity (Wildman–Crippen MR) is 103 cm³/mol. The van der Waals surface area contributed by atoms with Crippen molar-refractivity contribution in [2.45, 2.75) is 6.54 Å². The maximum absolute atomic E-state index is 12.5. The van der Waals surface area contributed by atoms with Crippen molar-refractivity contribution in [3.8, 4) is 17.2 Å². The van der Waals surface area contributed by atoms with Gasteiger partial charge in [-0.1, -0.05) is 24.3 Å². The molecule has 0 saturated heterocycles.